The van der Waals surface area contributed by atoms with E-state index in [4.69, 9.17) is 23.2 Å². The second-order valence-corrected chi connectivity index (χ2v) is 7.03. The molecule has 1 aliphatic heterocycles. The molecule has 2 aromatic rings. The standard InChI is InChI=1S/C18H19Cl2N3O/c1-12-4-6-23(7-5-12)18(24)13-8-15(11-21-10-13)22-17-3-2-14(19)9-16(17)20/h2-3,8-12,22H,4-7H2,1H3. The average Bonchev–Trinajstić information content (AvgIpc) is 2.58. The van der Waals surface area contributed by atoms with E-state index in [-0.39, 0.29) is 5.91 Å². The number of anilines is 2. The Morgan fingerprint density at radius 1 is 1.21 bits per heavy atom. The summed E-state index contributed by atoms with van der Waals surface area (Å²) < 4.78 is 0. The predicted molar refractivity (Wildman–Crippen MR) is 98.3 cm³/mol. The fourth-order valence-corrected chi connectivity index (χ4v) is 3.22. The Balaban J connectivity index is 1.75. The van der Waals surface area contributed by atoms with E-state index in [0.29, 0.717) is 21.5 Å². The van der Waals surface area contributed by atoms with E-state index in [9.17, 15) is 4.79 Å². The molecule has 1 aromatic heterocycles. The van der Waals surface area contributed by atoms with Gasteiger partial charge in [-0.15, -0.1) is 0 Å². The van der Waals surface area contributed by atoms with Gasteiger partial charge in [0.05, 0.1) is 28.2 Å². The van der Waals surface area contributed by atoms with Gasteiger partial charge in [-0.1, -0.05) is 30.1 Å². The van der Waals surface area contributed by atoms with E-state index in [1.54, 1.807) is 36.7 Å². The zero-order valence-corrected chi connectivity index (χ0v) is 14.9. The molecule has 0 saturated carbocycles. The van der Waals surface area contributed by atoms with Crippen LogP contribution in [0.1, 0.15) is 30.1 Å². The fourth-order valence-electron chi connectivity index (χ4n) is 2.77. The number of piperidine rings is 1. The van der Waals surface area contributed by atoms with E-state index in [1.165, 1.54) is 0 Å². The molecule has 1 N–H and O–H groups in total. The molecular formula is C18H19Cl2N3O. The van der Waals surface area contributed by atoms with Crippen LogP contribution in [0.4, 0.5) is 11.4 Å². The highest BCUT2D eigenvalue weighted by molar-refractivity contribution is 6.36. The van der Waals surface area contributed by atoms with Crippen molar-refractivity contribution in [1.82, 2.24) is 9.88 Å². The van der Waals surface area contributed by atoms with Crippen molar-refractivity contribution in [2.45, 2.75) is 19.8 Å². The van der Waals surface area contributed by atoms with Crippen molar-refractivity contribution in [1.29, 1.82) is 0 Å². The molecule has 0 bridgehead atoms. The molecule has 0 spiro atoms. The van der Waals surface area contributed by atoms with Crippen molar-refractivity contribution in [3.05, 3.63) is 52.3 Å². The number of pyridine rings is 1. The first-order chi connectivity index (χ1) is 11.5. The number of halogens is 2. The van der Waals surface area contributed by atoms with Crippen LogP contribution in [0.3, 0.4) is 0 Å². The average molecular weight is 364 g/mol. The zero-order valence-electron chi connectivity index (χ0n) is 13.4. The first-order valence-corrected chi connectivity index (χ1v) is 8.75. The minimum absolute atomic E-state index is 0.0280. The van der Waals surface area contributed by atoms with Crippen LogP contribution in [0.5, 0.6) is 0 Å². The van der Waals surface area contributed by atoms with Gasteiger partial charge in [-0.2, -0.15) is 0 Å². The second kappa shape index (κ2) is 7.41. The lowest BCUT2D eigenvalue weighted by Gasteiger charge is -2.30. The van der Waals surface area contributed by atoms with Gasteiger partial charge in [0, 0.05) is 24.3 Å². The third-order valence-corrected chi connectivity index (χ3v) is 4.81. The van der Waals surface area contributed by atoms with E-state index < -0.39 is 0 Å². The maximum atomic E-state index is 12.6. The number of aromatic nitrogens is 1. The molecule has 126 valence electrons. The van der Waals surface area contributed by atoms with Gasteiger partial charge in [0.25, 0.3) is 5.91 Å². The minimum Gasteiger partial charge on any atom is -0.353 e. The Morgan fingerprint density at radius 3 is 2.67 bits per heavy atom. The molecule has 1 fully saturated rings. The van der Waals surface area contributed by atoms with Crippen LogP contribution < -0.4 is 5.32 Å². The Morgan fingerprint density at radius 2 is 1.96 bits per heavy atom. The number of nitrogens with zero attached hydrogens (tertiary/aromatic N) is 2. The lowest BCUT2D eigenvalue weighted by molar-refractivity contribution is 0.0697. The Bertz CT molecular complexity index is 743. The Kier molecular flexibility index (Phi) is 5.27. The third kappa shape index (κ3) is 4.00. The van der Waals surface area contributed by atoms with Crippen LogP contribution in [0.2, 0.25) is 10.0 Å². The summed E-state index contributed by atoms with van der Waals surface area (Å²) in [5.74, 6) is 0.715. The number of nitrogens with one attached hydrogen (secondary N) is 1. The van der Waals surface area contributed by atoms with Gasteiger partial charge in [-0.25, -0.2) is 0 Å². The number of rotatable bonds is 3. The summed E-state index contributed by atoms with van der Waals surface area (Å²) in [5.41, 5.74) is 2.02. The predicted octanol–water partition coefficient (Wildman–Crippen LogP) is 5.00. The molecule has 2 heterocycles. The number of carbonyl (C=O) groups excluding carboxylic acids is 1. The minimum atomic E-state index is 0.0280. The number of hydrogen-bond donors (Lipinski definition) is 1. The maximum absolute atomic E-state index is 12.6. The molecule has 24 heavy (non-hydrogen) atoms. The summed E-state index contributed by atoms with van der Waals surface area (Å²) >= 11 is 12.1. The van der Waals surface area contributed by atoms with E-state index >= 15 is 0 Å². The molecule has 1 aromatic carbocycles. The summed E-state index contributed by atoms with van der Waals surface area (Å²) in [5, 5.41) is 4.27. The molecule has 6 heteroatoms. The summed E-state index contributed by atoms with van der Waals surface area (Å²) in [4.78, 5) is 18.7. The van der Waals surface area contributed by atoms with Crippen molar-refractivity contribution in [2.75, 3.05) is 18.4 Å². The largest absolute Gasteiger partial charge is 0.353 e. The zero-order chi connectivity index (χ0) is 17.1. The van der Waals surface area contributed by atoms with Crippen molar-refractivity contribution in [3.8, 4) is 0 Å². The fraction of sp³-hybridized carbons (Fsp3) is 0.333. The van der Waals surface area contributed by atoms with E-state index in [2.05, 4.69) is 17.2 Å². The van der Waals surface area contributed by atoms with Gasteiger partial charge in [-0.05, 0) is 43.0 Å². The van der Waals surface area contributed by atoms with Gasteiger partial charge in [0.2, 0.25) is 0 Å². The number of likely N-dealkylation sites (tertiary alicyclic amines) is 1. The lowest BCUT2D eigenvalue weighted by Crippen LogP contribution is -2.37. The smallest absolute Gasteiger partial charge is 0.255 e. The van der Waals surface area contributed by atoms with Crippen LogP contribution in [-0.2, 0) is 0 Å². The van der Waals surface area contributed by atoms with Crippen molar-refractivity contribution in [2.24, 2.45) is 5.92 Å². The monoisotopic (exact) mass is 363 g/mol. The first-order valence-electron chi connectivity index (χ1n) is 7.99. The van der Waals surface area contributed by atoms with Gasteiger partial charge >= 0.3 is 0 Å². The number of amides is 1. The number of hydrogen-bond acceptors (Lipinski definition) is 3. The highest BCUT2D eigenvalue weighted by atomic mass is 35.5. The second-order valence-electron chi connectivity index (χ2n) is 6.19. The summed E-state index contributed by atoms with van der Waals surface area (Å²) in [6, 6.07) is 7.03. The normalized spacial score (nSPS) is 15.4. The molecule has 1 saturated heterocycles. The number of carbonyl (C=O) groups is 1. The molecule has 0 radical (unpaired) electrons. The summed E-state index contributed by atoms with van der Waals surface area (Å²) in [7, 11) is 0. The molecule has 0 aliphatic carbocycles. The SMILES string of the molecule is CC1CCN(C(=O)c2cncc(Nc3ccc(Cl)cc3Cl)c2)CC1. The molecule has 4 nitrogen and oxygen atoms in total. The third-order valence-electron chi connectivity index (χ3n) is 4.27. The molecular weight excluding hydrogens is 345 g/mol. The van der Waals surface area contributed by atoms with Crippen molar-refractivity contribution < 1.29 is 4.79 Å². The summed E-state index contributed by atoms with van der Waals surface area (Å²) in [6.07, 6.45) is 5.38. The van der Waals surface area contributed by atoms with Crippen LogP contribution >= 0.6 is 23.2 Å². The van der Waals surface area contributed by atoms with Crippen molar-refractivity contribution >= 4 is 40.5 Å². The molecule has 0 atom stereocenters. The Hall–Kier alpha value is -1.78. The highest BCUT2D eigenvalue weighted by Gasteiger charge is 2.21. The highest BCUT2D eigenvalue weighted by Crippen LogP contribution is 2.28. The van der Waals surface area contributed by atoms with Gasteiger partial charge < -0.3 is 10.2 Å². The molecule has 0 unspecified atom stereocenters. The molecule has 1 aliphatic rings. The number of benzene rings is 1. The van der Waals surface area contributed by atoms with Gasteiger partial charge in [0.15, 0.2) is 0 Å². The quantitative estimate of drug-likeness (QED) is 0.833. The van der Waals surface area contributed by atoms with Crippen molar-refractivity contribution in [3.63, 3.8) is 0 Å². The summed E-state index contributed by atoms with van der Waals surface area (Å²) in [6.45, 7) is 3.84. The maximum Gasteiger partial charge on any atom is 0.255 e. The van der Waals surface area contributed by atoms with E-state index in [0.717, 1.165) is 37.3 Å². The Labute approximate surface area is 151 Å². The van der Waals surface area contributed by atoms with Crippen LogP contribution in [0.15, 0.2) is 36.7 Å². The van der Waals surface area contributed by atoms with Gasteiger partial charge in [0.1, 0.15) is 0 Å². The topological polar surface area (TPSA) is 45.2 Å². The van der Waals surface area contributed by atoms with Crippen LogP contribution in [-0.4, -0.2) is 28.9 Å². The molecule has 3 rings (SSSR count). The van der Waals surface area contributed by atoms with Gasteiger partial charge in [-0.3, -0.25) is 9.78 Å². The van der Waals surface area contributed by atoms with Crippen LogP contribution in [0, 0.1) is 5.92 Å². The lowest BCUT2D eigenvalue weighted by atomic mass is 9.99. The molecule has 1 amide bonds. The van der Waals surface area contributed by atoms with E-state index in [1.807, 2.05) is 4.90 Å². The van der Waals surface area contributed by atoms with Crippen LogP contribution in [0.25, 0.3) is 0 Å². The first kappa shape index (κ1) is 17.1.